The van der Waals surface area contributed by atoms with Gasteiger partial charge in [0.15, 0.2) is 4.47 Å². The van der Waals surface area contributed by atoms with Crippen LogP contribution >= 0.6 is 22.9 Å². The fraction of sp³-hybridized carbons (Fsp3) is 0.571. The molecule has 2 rings (SSSR count). The van der Waals surface area contributed by atoms with E-state index in [0.29, 0.717) is 4.47 Å². The van der Waals surface area contributed by atoms with Crippen molar-refractivity contribution >= 4 is 22.9 Å². The van der Waals surface area contributed by atoms with Crippen molar-refractivity contribution in [3.8, 4) is 0 Å². The Kier molecular flexibility index (Phi) is 1.67. The van der Waals surface area contributed by atoms with Gasteiger partial charge in [0.05, 0.1) is 4.88 Å². The highest BCUT2D eigenvalue weighted by atomic mass is 35.5. The average Bonchev–Trinajstić information content (AvgIpc) is 2.31. The number of hydrogen-bond acceptors (Lipinski definition) is 3. The summed E-state index contributed by atoms with van der Waals surface area (Å²) in [6.45, 7) is 0. The molecule has 0 bridgehead atoms. The van der Waals surface area contributed by atoms with E-state index in [1.54, 1.807) is 6.20 Å². The molecule has 1 aliphatic rings. The summed E-state index contributed by atoms with van der Waals surface area (Å²) in [6, 6.07) is 0. The second-order valence-electron chi connectivity index (χ2n) is 2.86. The molecule has 0 amide bonds. The van der Waals surface area contributed by atoms with Crippen molar-refractivity contribution in [2.24, 2.45) is 0 Å². The highest BCUT2D eigenvalue weighted by molar-refractivity contribution is 7.15. The summed E-state index contributed by atoms with van der Waals surface area (Å²) in [4.78, 5) is 4.80. The first-order chi connectivity index (χ1) is 5.21. The maximum atomic E-state index is 9.81. The maximum Gasteiger partial charge on any atom is 0.183 e. The molecule has 11 heavy (non-hydrogen) atoms. The molecule has 1 fully saturated rings. The van der Waals surface area contributed by atoms with Crippen LogP contribution in [-0.2, 0) is 5.60 Å². The molecule has 0 unspecified atom stereocenters. The SMILES string of the molecule is OC1(c2cnc(Cl)s2)CCC1. The van der Waals surface area contributed by atoms with Gasteiger partial charge in [0.25, 0.3) is 0 Å². The normalized spacial score (nSPS) is 21.3. The molecule has 1 aliphatic carbocycles. The monoisotopic (exact) mass is 189 g/mol. The number of aromatic nitrogens is 1. The van der Waals surface area contributed by atoms with E-state index in [0.717, 1.165) is 24.1 Å². The fourth-order valence-corrected chi connectivity index (χ4v) is 2.31. The lowest BCUT2D eigenvalue weighted by atomic mass is 9.79. The molecule has 0 radical (unpaired) electrons. The summed E-state index contributed by atoms with van der Waals surface area (Å²) in [6.07, 6.45) is 4.48. The summed E-state index contributed by atoms with van der Waals surface area (Å²) in [5.74, 6) is 0. The van der Waals surface area contributed by atoms with Gasteiger partial charge in [-0.25, -0.2) is 4.98 Å². The first kappa shape index (κ1) is 7.53. The quantitative estimate of drug-likeness (QED) is 0.735. The highest BCUT2D eigenvalue weighted by Gasteiger charge is 2.37. The summed E-state index contributed by atoms with van der Waals surface area (Å²) in [7, 11) is 0. The van der Waals surface area contributed by atoms with E-state index in [-0.39, 0.29) is 0 Å². The summed E-state index contributed by atoms with van der Waals surface area (Å²) in [5, 5.41) is 9.81. The summed E-state index contributed by atoms with van der Waals surface area (Å²) in [5.41, 5.74) is -0.592. The smallest absolute Gasteiger partial charge is 0.183 e. The minimum absolute atomic E-state index is 0.514. The lowest BCUT2D eigenvalue weighted by Gasteiger charge is -2.35. The van der Waals surface area contributed by atoms with Gasteiger partial charge >= 0.3 is 0 Å². The molecule has 1 aromatic heterocycles. The Balaban J connectivity index is 2.28. The molecule has 0 aliphatic heterocycles. The standard InChI is InChI=1S/C7H8ClNOS/c8-6-9-4-5(11-6)7(10)2-1-3-7/h4,10H,1-3H2. The zero-order valence-corrected chi connectivity index (χ0v) is 7.45. The van der Waals surface area contributed by atoms with Crippen LogP contribution in [0.2, 0.25) is 4.47 Å². The molecule has 0 saturated heterocycles. The molecule has 60 valence electrons. The molecule has 1 N–H and O–H groups in total. The number of thiazole rings is 1. The van der Waals surface area contributed by atoms with Gasteiger partial charge in [-0.05, 0) is 19.3 Å². The Morgan fingerprint density at radius 2 is 2.36 bits per heavy atom. The van der Waals surface area contributed by atoms with Crippen molar-refractivity contribution in [2.75, 3.05) is 0 Å². The maximum absolute atomic E-state index is 9.81. The minimum atomic E-state index is -0.592. The van der Waals surface area contributed by atoms with Crippen LogP contribution in [0, 0.1) is 0 Å². The molecule has 4 heteroatoms. The molecule has 1 aromatic rings. The third-order valence-corrected chi connectivity index (χ3v) is 3.43. The second-order valence-corrected chi connectivity index (χ2v) is 4.48. The van der Waals surface area contributed by atoms with Gasteiger partial charge < -0.3 is 5.11 Å². The van der Waals surface area contributed by atoms with Crippen LogP contribution < -0.4 is 0 Å². The van der Waals surface area contributed by atoms with Crippen molar-refractivity contribution < 1.29 is 5.11 Å². The lowest BCUT2D eigenvalue weighted by molar-refractivity contribution is -0.0355. The third-order valence-electron chi connectivity index (χ3n) is 2.12. The first-order valence-corrected chi connectivity index (χ1v) is 4.74. The van der Waals surface area contributed by atoms with E-state index in [1.165, 1.54) is 11.3 Å². The molecule has 0 aromatic carbocycles. The van der Waals surface area contributed by atoms with Gasteiger partial charge in [0.2, 0.25) is 0 Å². The molecule has 0 spiro atoms. The zero-order valence-electron chi connectivity index (χ0n) is 5.88. The predicted molar refractivity (Wildman–Crippen MR) is 44.9 cm³/mol. The lowest BCUT2D eigenvalue weighted by Crippen LogP contribution is -2.32. The van der Waals surface area contributed by atoms with Gasteiger partial charge in [-0.15, -0.1) is 11.3 Å². The van der Waals surface area contributed by atoms with E-state index >= 15 is 0 Å². The van der Waals surface area contributed by atoms with Gasteiger partial charge in [-0.1, -0.05) is 11.6 Å². The van der Waals surface area contributed by atoms with E-state index < -0.39 is 5.60 Å². The van der Waals surface area contributed by atoms with Gasteiger partial charge in [0.1, 0.15) is 5.60 Å². The van der Waals surface area contributed by atoms with Crippen molar-refractivity contribution in [1.29, 1.82) is 0 Å². The molecule has 1 heterocycles. The molecule has 2 nitrogen and oxygen atoms in total. The third kappa shape index (κ3) is 1.17. The number of halogens is 1. The van der Waals surface area contributed by atoms with Crippen molar-refractivity contribution in [1.82, 2.24) is 4.98 Å². The van der Waals surface area contributed by atoms with Crippen LogP contribution in [0.1, 0.15) is 24.1 Å². The average molecular weight is 190 g/mol. The Morgan fingerprint density at radius 3 is 2.73 bits per heavy atom. The summed E-state index contributed by atoms with van der Waals surface area (Å²) < 4.78 is 0.514. The van der Waals surface area contributed by atoms with E-state index in [4.69, 9.17) is 11.6 Å². The highest BCUT2D eigenvalue weighted by Crippen LogP contribution is 2.43. The van der Waals surface area contributed by atoms with Crippen molar-refractivity contribution in [2.45, 2.75) is 24.9 Å². The first-order valence-electron chi connectivity index (χ1n) is 3.55. The van der Waals surface area contributed by atoms with Crippen LogP contribution in [0.4, 0.5) is 0 Å². The van der Waals surface area contributed by atoms with Gasteiger partial charge in [-0.3, -0.25) is 0 Å². The van der Waals surface area contributed by atoms with Crippen LogP contribution in [-0.4, -0.2) is 10.1 Å². The van der Waals surface area contributed by atoms with E-state index in [2.05, 4.69) is 4.98 Å². The van der Waals surface area contributed by atoms with Crippen molar-refractivity contribution in [3.05, 3.63) is 15.5 Å². The van der Waals surface area contributed by atoms with Crippen LogP contribution in [0.3, 0.4) is 0 Å². The number of nitrogens with zero attached hydrogens (tertiary/aromatic N) is 1. The Bertz CT molecular complexity index is 269. The Hall–Kier alpha value is -0.120. The minimum Gasteiger partial charge on any atom is -0.384 e. The second kappa shape index (κ2) is 2.44. The Morgan fingerprint density at radius 1 is 1.64 bits per heavy atom. The topological polar surface area (TPSA) is 33.1 Å². The zero-order chi connectivity index (χ0) is 7.90. The number of aliphatic hydroxyl groups is 1. The van der Waals surface area contributed by atoms with E-state index in [1.807, 2.05) is 0 Å². The molecular weight excluding hydrogens is 182 g/mol. The van der Waals surface area contributed by atoms with Crippen LogP contribution in [0.15, 0.2) is 6.20 Å². The summed E-state index contributed by atoms with van der Waals surface area (Å²) >= 11 is 7.02. The van der Waals surface area contributed by atoms with Crippen LogP contribution in [0.5, 0.6) is 0 Å². The number of hydrogen-bond donors (Lipinski definition) is 1. The molecular formula is C7H8ClNOS. The van der Waals surface area contributed by atoms with Gasteiger partial charge in [0, 0.05) is 6.20 Å². The van der Waals surface area contributed by atoms with Crippen LogP contribution in [0.25, 0.3) is 0 Å². The van der Waals surface area contributed by atoms with E-state index in [9.17, 15) is 5.11 Å². The van der Waals surface area contributed by atoms with Crippen molar-refractivity contribution in [3.63, 3.8) is 0 Å². The largest absolute Gasteiger partial charge is 0.384 e. The number of rotatable bonds is 1. The predicted octanol–water partition coefficient (Wildman–Crippen LogP) is 2.17. The molecule has 0 atom stereocenters. The molecule has 1 saturated carbocycles. The fourth-order valence-electron chi connectivity index (χ4n) is 1.23. The Labute approximate surface area is 73.8 Å². The van der Waals surface area contributed by atoms with Gasteiger partial charge in [-0.2, -0.15) is 0 Å².